The van der Waals surface area contributed by atoms with Crippen LogP contribution in [0.5, 0.6) is 0 Å². The molecule has 7 heteroatoms. The number of anilines is 1. The lowest BCUT2D eigenvalue weighted by molar-refractivity contribution is -0.115. The molecule has 3 rings (SSSR count). The number of aromatic nitrogens is 2. The lowest BCUT2D eigenvalue weighted by Crippen LogP contribution is -2.18. The Morgan fingerprint density at radius 2 is 1.96 bits per heavy atom. The zero-order valence-electron chi connectivity index (χ0n) is 13.5. The molecule has 0 aliphatic rings. The second kappa shape index (κ2) is 7.36. The number of nitrogens with zero attached hydrogens (tertiary/aromatic N) is 2. The molecule has 1 amide bonds. The Morgan fingerprint density at radius 1 is 1.20 bits per heavy atom. The van der Waals surface area contributed by atoms with Crippen LogP contribution in [0.3, 0.4) is 0 Å². The maximum Gasteiger partial charge on any atom is 0.360 e. The van der Waals surface area contributed by atoms with Crippen molar-refractivity contribution >= 4 is 34.9 Å². The molecule has 0 spiro atoms. The van der Waals surface area contributed by atoms with Crippen LogP contribution in [-0.4, -0.2) is 27.9 Å². The molecule has 0 bridgehead atoms. The van der Waals surface area contributed by atoms with Crippen LogP contribution in [-0.2, 0) is 16.0 Å². The van der Waals surface area contributed by atoms with E-state index < -0.39 is 5.97 Å². The average Bonchev–Trinajstić information content (AvgIpc) is 2.96. The number of imidazole rings is 1. The third-order valence-corrected chi connectivity index (χ3v) is 3.79. The number of nitrogens with one attached hydrogen (secondary N) is 1. The van der Waals surface area contributed by atoms with Gasteiger partial charge in [0.25, 0.3) is 0 Å². The molecule has 0 fully saturated rings. The van der Waals surface area contributed by atoms with Crippen molar-refractivity contribution in [1.29, 1.82) is 0 Å². The van der Waals surface area contributed by atoms with Gasteiger partial charge in [0.15, 0.2) is 11.5 Å². The summed E-state index contributed by atoms with van der Waals surface area (Å²) in [6.45, 7) is 1.94. The van der Waals surface area contributed by atoms with E-state index in [-0.39, 0.29) is 24.6 Å². The Bertz CT molecular complexity index is 919. The fraction of sp³-hybridized carbons (Fsp3) is 0.167. The number of ether oxygens (including phenoxy) is 1. The van der Waals surface area contributed by atoms with Crippen molar-refractivity contribution in [2.75, 3.05) is 11.9 Å². The molecule has 0 aliphatic heterocycles. The van der Waals surface area contributed by atoms with Crippen molar-refractivity contribution in [3.8, 4) is 0 Å². The summed E-state index contributed by atoms with van der Waals surface area (Å²) in [5, 5.41) is 3.37. The molecule has 0 saturated heterocycles. The van der Waals surface area contributed by atoms with Crippen LogP contribution in [0.2, 0.25) is 5.02 Å². The largest absolute Gasteiger partial charge is 0.461 e. The molecule has 25 heavy (non-hydrogen) atoms. The monoisotopic (exact) mass is 357 g/mol. The zero-order chi connectivity index (χ0) is 17.8. The molecule has 0 atom stereocenters. The van der Waals surface area contributed by atoms with Crippen LogP contribution in [0.1, 0.15) is 23.0 Å². The smallest absolute Gasteiger partial charge is 0.360 e. The van der Waals surface area contributed by atoms with E-state index in [4.69, 9.17) is 16.3 Å². The van der Waals surface area contributed by atoms with Crippen molar-refractivity contribution in [3.05, 3.63) is 64.9 Å². The summed E-state index contributed by atoms with van der Waals surface area (Å²) in [5.41, 5.74) is 1.44. The van der Waals surface area contributed by atoms with E-state index >= 15 is 0 Å². The molecule has 2 heterocycles. The van der Waals surface area contributed by atoms with Gasteiger partial charge in [-0.2, -0.15) is 0 Å². The number of carbonyl (C=O) groups excluding carboxylic acids is 2. The third kappa shape index (κ3) is 3.80. The summed E-state index contributed by atoms with van der Waals surface area (Å²) in [4.78, 5) is 28.8. The number of benzene rings is 1. The fourth-order valence-electron chi connectivity index (χ4n) is 2.42. The van der Waals surface area contributed by atoms with E-state index in [1.54, 1.807) is 60.0 Å². The molecule has 3 aromatic rings. The summed E-state index contributed by atoms with van der Waals surface area (Å²) >= 11 is 5.85. The van der Waals surface area contributed by atoms with Gasteiger partial charge >= 0.3 is 5.97 Å². The number of halogens is 1. The molecular formula is C18H16ClN3O3. The van der Waals surface area contributed by atoms with E-state index in [2.05, 4.69) is 10.3 Å². The molecule has 0 saturated carbocycles. The normalized spacial score (nSPS) is 10.6. The van der Waals surface area contributed by atoms with Crippen LogP contribution in [0.25, 0.3) is 5.65 Å². The summed E-state index contributed by atoms with van der Waals surface area (Å²) in [7, 11) is 0. The lowest BCUT2D eigenvalue weighted by atomic mass is 10.1. The van der Waals surface area contributed by atoms with Crippen LogP contribution in [0.15, 0.2) is 48.7 Å². The molecule has 0 radical (unpaired) electrons. The van der Waals surface area contributed by atoms with Crippen LogP contribution >= 0.6 is 11.6 Å². The Hall–Kier alpha value is -2.86. The molecular weight excluding hydrogens is 342 g/mol. The van der Waals surface area contributed by atoms with Gasteiger partial charge in [-0.25, -0.2) is 9.78 Å². The second-order valence-electron chi connectivity index (χ2n) is 5.31. The van der Waals surface area contributed by atoms with Crippen molar-refractivity contribution < 1.29 is 14.3 Å². The van der Waals surface area contributed by atoms with Crippen LogP contribution < -0.4 is 5.32 Å². The molecule has 0 unspecified atom stereocenters. The minimum Gasteiger partial charge on any atom is -0.461 e. The standard InChI is InChI=1S/C18H16ClN3O3/c1-2-25-18(24)16-17(22-10-4-3-5-14(22)20-16)21-15(23)11-12-6-8-13(19)9-7-12/h3-10H,2,11H2,1H3,(H,21,23). The van der Waals surface area contributed by atoms with Crippen molar-refractivity contribution in [2.45, 2.75) is 13.3 Å². The van der Waals surface area contributed by atoms with Gasteiger partial charge in [0.1, 0.15) is 5.65 Å². The van der Waals surface area contributed by atoms with Gasteiger partial charge in [0, 0.05) is 11.2 Å². The predicted molar refractivity (Wildman–Crippen MR) is 94.9 cm³/mol. The third-order valence-electron chi connectivity index (χ3n) is 3.53. The van der Waals surface area contributed by atoms with Crippen molar-refractivity contribution in [2.24, 2.45) is 0 Å². The Balaban J connectivity index is 1.88. The van der Waals surface area contributed by atoms with Crippen LogP contribution in [0.4, 0.5) is 5.82 Å². The van der Waals surface area contributed by atoms with E-state index in [9.17, 15) is 9.59 Å². The van der Waals surface area contributed by atoms with Gasteiger partial charge in [0.2, 0.25) is 5.91 Å². The molecule has 0 aliphatic carbocycles. The maximum absolute atomic E-state index is 12.4. The molecule has 2 aromatic heterocycles. The molecule has 6 nitrogen and oxygen atoms in total. The second-order valence-corrected chi connectivity index (χ2v) is 5.75. The molecule has 1 N–H and O–H groups in total. The number of amides is 1. The first-order valence-electron chi connectivity index (χ1n) is 7.77. The predicted octanol–water partition coefficient (Wildman–Crippen LogP) is 3.35. The highest BCUT2D eigenvalue weighted by atomic mass is 35.5. The lowest BCUT2D eigenvalue weighted by Gasteiger charge is -2.07. The number of fused-ring (bicyclic) bond motifs is 1. The first-order chi connectivity index (χ1) is 12.1. The quantitative estimate of drug-likeness (QED) is 0.711. The van der Waals surface area contributed by atoms with Gasteiger partial charge in [0.05, 0.1) is 13.0 Å². The van der Waals surface area contributed by atoms with Gasteiger partial charge < -0.3 is 10.1 Å². The number of esters is 1. The first kappa shape index (κ1) is 17.0. The Labute approximate surface area is 149 Å². The van der Waals surface area contributed by atoms with E-state index in [1.807, 2.05) is 0 Å². The SMILES string of the molecule is CCOC(=O)c1nc2ccccn2c1NC(=O)Cc1ccc(Cl)cc1. The van der Waals surface area contributed by atoms with Crippen LogP contribution in [0, 0.1) is 0 Å². The molecule has 128 valence electrons. The number of hydrogen-bond donors (Lipinski definition) is 1. The van der Waals surface area contributed by atoms with E-state index in [0.29, 0.717) is 16.5 Å². The van der Waals surface area contributed by atoms with Crippen molar-refractivity contribution in [1.82, 2.24) is 9.38 Å². The number of carbonyl (C=O) groups is 2. The zero-order valence-corrected chi connectivity index (χ0v) is 14.3. The summed E-state index contributed by atoms with van der Waals surface area (Å²) in [5.74, 6) is -0.542. The first-order valence-corrected chi connectivity index (χ1v) is 8.14. The minimum atomic E-state index is -0.576. The summed E-state index contributed by atoms with van der Waals surface area (Å²) < 4.78 is 6.68. The van der Waals surface area contributed by atoms with Gasteiger partial charge in [-0.15, -0.1) is 0 Å². The summed E-state index contributed by atoms with van der Waals surface area (Å²) in [6, 6.07) is 12.4. The number of rotatable bonds is 5. The number of pyridine rings is 1. The topological polar surface area (TPSA) is 72.7 Å². The highest BCUT2D eigenvalue weighted by molar-refractivity contribution is 6.30. The fourth-order valence-corrected chi connectivity index (χ4v) is 2.55. The number of hydrogen-bond acceptors (Lipinski definition) is 4. The Kier molecular flexibility index (Phi) is 5.00. The highest BCUT2D eigenvalue weighted by Gasteiger charge is 2.21. The summed E-state index contributed by atoms with van der Waals surface area (Å²) in [6.07, 6.45) is 1.88. The molecule has 1 aromatic carbocycles. The average molecular weight is 358 g/mol. The van der Waals surface area contributed by atoms with E-state index in [0.717, 1.165) is 5.56 Å². The minimum absolute atomic E-state index is 0.0810. The van der Waals surface area contributed by atoms with E-state index in [1.165, 1.54) is 0 Å². The van der Waals surface area contributed by atoms with Gasteiger partial charge in [-0.3, -0.25) is 9.20 Å². The maximum atomic E-state index is 12.4. The van der Waals surface area contributed by atoms with Gasteiger partial charge in [-0.05, 0) is 36.8 Å². The van der Waals surface area contributed by atoms with Crippen molar-refractivity contribution in [3.63, 3.8) is 0 Å². The van der Waals surface area contributed by atoms with Gasteiger partial charge in [-0.1, -0.05) is 29.8 Å². The Morgan fingerprint density at radius 3 is 2.68 bits per heavy atom. The highest BCUT2D eigenvalue weighted by Crippen LogP contribution is 2.20.